The molecule has 3 N–H and O–H groups in total. The maximum atomic E-state index is 11.1. The van der Waals surface area contributed by atoms with Gasteiger partial charge in [-0.25, -0.2) is 0 Å². The largest absolute Gasteiger partial charge is 0.352 e. The second-order valence-corrected chi connectivity index (χ2v) is 3.38. The number of rotatable bonds is 4. The lowest BCUT2D eigenvalue weighted by molar-refractivity contribution is -0.121. The van der Waals surface area contributed by atoms with E-state index in [0.29, 0.717) is 24.5 Å². The SMILES string of the molecule is NCCC(=O)NCc1ccc(Cl)cc1. The van der Waals surface area contributed by atoms with Crippen molar-refractivity contribution in [3.63, 3.8) is 0 Å². The smallest absolute Gasteiger partial charge is 0.221 e. The van der Waals surface area contributed by atoms with E-state index in [1.807, 2.05) is 12.1 Å². The molecule has 4 heteroatoms. The topological polar surface area (TPSA) is 55.1 Å². The average molecular weight is 213 g/mol. The fourth-order valence-electron chi connectivity index (χ4n) is 1.02. The van der Waals surface area contributed by atoms with Gasteiger partial charge in [0.1, 0.15) is 0 Å². The van der Waals surface area contributed by atoms with Gasteiger partial charge in [0.25, 0.3) is 0 Å². The van der Waals surface area contributed by atoms with E-state index in [1.165, 1.54) is 0 Å². The number of amides is 1. The lowest BCUT2D eigenvalue weighted by Crippen LogP contribution is -2.24. The monoisotopic (exact) mass is 212 g/mol. The van der Waals surface area contributed by atoms with Crippen LogP contribution in [0.3, 0.4) is 0 Å². The maximum Gasteiger partial charge on any atom is 0.221 e. The summed E-state index contributed by atoms with van der Waals surface area (Å²) in [6.07, 6.45) is 0.369. The molecule has 0 aliphatic rings. The van der Waals surface area contributed by atoms with Crippen molar-refractivity contribution >= 4 is 17.5 Å². The number of carbonyl (C=O) groups is 1. The van der Waals surface area contributed by atoms with Crippen LogP contribution < -0.4 is 11.1 Å². The summed E-state index contributed by atoms with van der Waals surface area (Å²) in [5.41, 5.74) is 6.27. The van der Waals surface area contributed by atoms with Crippen molar-refractivity contribution < 1.29 is 4.79 Å². The van der Waals surface area contributed by atoms with Crippen molar-refractivity contribution in [1.29, 1.82) is 0 Å². The second-order valence-electron chi connectivity index (χ2n) is 2.94. The molecule has 0 heterocycles. The summed E-state index contributed by atoms with van der Waals surface area (Å²) in [7, 11) is 0. The third-order valence-corrected chi connectivity index (χ3v) is 2.03. The van der Waals surface area contributed by atoms with Gasteiger partial charge in [0.2, 0.25) is 5.91 Å². The molecule has 1 rings (SSSR count). The van der Waals surface area contributed by atoms with E-state index in [-0.39, 0.29) is 5.91 Å². The summed E-state index contributed by atoms with van der Waals surface area (Å²) in [6.45, 7) is 0.905. The minimum Gasteiger partial charge on any atom is -0.352 e. The first-order chi connectivity index (χ1) is 6.72. The Morgan fingerprint density at radius 3 is 2.57 bits per heavy atom. The molecule has 0 aliphatic heterocycles. The van der Waals surface area contributed by atoms with Gasteiger partial charge in [-0.3, -0.25) is 4.79 Å². The van der Waals surface area contributed by atoms with Crippen LogP contribution >= 0.6 is 11.6 Å². The van der Waals surface area contributed by atoms with Gasteiger partial charge < -0.3 is 11.1 Å². The number of hydrogen-bond acceptors (Lipinski definition) is 2. The molecule has 0 radical (unpaired) electrons. The molecule has 0 bridgehead atoms. The Hall–Kier alpha value is -1.06. The molecule has 0 fully saturated rings. The number of nitrogens with one attached hydrogen (secondary N) is 1. The van der Waals surface area contributed by atoms with Gasteiger partial charge >= 0.3 is 0 Å². The molecule has 0 aliphatic carbocycles. The van der Waals surface area contributed by atoms with E-state index in [2.05, 4.69) is 5.32 Å². The lowest BCUT2D eigenvalue weighted by atomic mass is 10.2. The third kappa shape index (κ3) is 3.77. The van der Waals surface area contributed by atoms with Gasteiger partial charge in [-0.1, -0.05) is 23.7 Å². The molecule has 0 aromatic heterocycles. The highest BCUT2D eigenvalue weighted by Crippen LogP contribution is 2.08. The van der Waals surface area contributed by atoms with Crippen LogP contribution in [0, 0.1) is 0 Å². The van der Waals surface area contributed by atoms with E-state index in [4.69, 9.17) is 17.3 Å². The Morgan fingerprint density at radius 1 is 1.36 bits per heavy atom. The number of carbonyl (C=O) groups excluding carboxylic acids is 1. The Morgan fingerprint density at radius 2 is 2.00 bits per heavy atom. The predicted molar refractivity (Wildman–Crippen MR) is 57.0 cm³/mol. The van der Waals surface area contributed by atoms with E-state index in [0.717, 1.165) is 5.56 Å². The molecular weight excluding hydrogens is 200 g/mol. The van der Waals surface area contributed by atoms with Crippen molar-refractivity contribution in [1.82, 2.24) is 5.32 Å². The molecule has 0 unspecified atom stereocenters. The van der Waals surface area contributed by atoms with Crippen molar-refractivity contribution in [2.75, 3.05) is 6.54 Å². The van der Waals surface area contributed by atoms with Crippen LogP contribution in [-0.2, 0) is 11.3 Å². The zero-order chi connectivity index (χ0) is 10.4. The van der Waals surface area contributed by atoms with Gasteiger partial charge in [-0.15, -0.1) is 0 Å². The molecular formula is C10H13ClN2O. The standard InChI is InChI=1S/C10H13ClN2O/c11-9-3-1-8(2-4-9)7-13-10(14)5-6-12/h1-4H,5-7,12H2,(H,13,14). The van der Waals surface area contributed by atoms with Crippen LogP contribution in [0.4, 0.5) is 0 Å². The Kier molecular flexibility index (Phi) is 4.43. The van der Waals surface area contributed by atoms with Gasteiger partial charge in [-0.05, 0) is 17.7 Å². The number of nitrogens with two attached hydrogens (primary N) is 1. The molecule has 0 saturated heterocycles. The highest BCUT2D eigenvalue weighted by Gasteiger charge is 1.98. The fraction of sp³-hybridized carbons (Fsp3) is 0.300. The van der Waals surface area contributed by atoms with Crippen molar-refractivity contribution in [3.05, 3.63) is 34.9 Å². The highest BCUT2D eigenvalue weighted by atomic mass is 35.5. The molecule has 1 aromatic rings. The normalized spacial score (nSPS) is 9.86. The predicted octanol–water partition coefficient (Wildman–Crippen LogP) is 1.31. The molecule has 1 aromatic carbocycles. The van der Waals surface area contributed by atoms with Gasteiger partial charge in [0.15, 0.2) is 0 Å². The van der Waals surface area contributed by atoms with Crippen LogP contribution in [0.2, 0.25) is 5.02 Å². The zero-order valence-corrected chi connectivity index (χ0v) is 8.55. The van der Waals surface area contributed by atoms with Crippen LogP contribution in [0.5, 0.6) is 0 Å². The van der Waals surface area contributed by atoms with Crippen LogP contribution in [0.15, 0.2) is 24.3 Å². The molecule has 1 amide bonds. The van der Waals surface area contributed by atoms with Crippen molar-refractivity contribution in [3.8, 4) is 0 Å². The van der Waals surface area contributed by atoms with Crippen molar-refractivity contribution in [2.45, 2.75) is 13.0 Å². The van der Waals surface area contributed by atoms with Crippen LogP contribution in [-0.4, -0.2) is 12.5 Å². The minimum atomic E-state index is -0.0255. The molecule has 0 saturated carbocycles. The minimum absolute atomic E-state index is 0.0255. The fourth-order valence-corrected chi connectivity index (χ4v) is 1.15. The summed E-state index contributed by atoms with van der Waals surface area (Å²) < 4.78 is 0. The number of hydrogen-bond donors (Lipinski definition) is 2. The Balaban J connectivity index is 2.38. The summed E-state index contributed by atoms with van der Waals surface area (Å²) >= 11 is 5.72. The maximum absolute atomic E-state index is 11.1. The first-order valence-corrected chi connectivity index (χ1v) is 4.81. The van der Waals surface area contributed by atoms with Gasteiger partial charge in [0.05, 0.1) is 0 Å². The van der Waals surface area contributed by atoms with E-state index >= 15 is 0 Å². The molecule has 0 spiro atoms. The summed E-state index contributed by atoms with van der Waals surface area (Å²) in [6, 6.07) is 7.36. The second kappa shape index (κ2) is 5.62. The van der Waals surface area contributed by atoms with E-state index in [9.17, 15) is 4.79 Å². The van der Waals surface area contributed by atoms with Crippen molar-refractivity contribution in [2.24, 2.45) is 5.73 Å². The van der Waals surface area contributed by atoms with E-state index < -0.39 is 0 Å². The van der Waals surface area contributed by atoms with Gasteiger partial charge in [-0.2, -0.15) is 0 Å². The summed E-state index contributed by atoms with van der Waals surface area (Å²) in [5, 5.41) is 3.45. The van der Waals surface area contributed by atoms with E-state index in [1.54, 1.807) is 12.1 Å². The molecule has 76 valence electrons. The summed E-state index contributed by atoms with van der Waals surface area (Å²) in [4.78, 5) is 11.1. The molecule has 14 heavy (non-hydrogen) atoms. The highest BCUT2D eigenvalue weighted by molar-refractivity contribution is 6.30. The molecule has 3 nitrogen and oxygen atoms in total. The Labute approximate surface area is 88.2 Å². The first kappa shape index (κ1) is 11.0. The van der Waals surface area contributed by atoms with Crippen LogP contribution in [0.1, 0.15) is 12.0 Å². The molecule has 0 atom stereocenters. The van der Waals surface area contributed by atoms with Crippen LogP contribution in [0.25, 0.3) is 0 Å². The quantitative estimate of drug-likeness (QED) is 0.791. The number of benzene rings is 1. The number of halogens is 1. The van der Waals surface area contributed by atoms with Gasteiger partial charge in [0, 0.05) is 24.5 Å². The Bertz CT molecular complexity index is 297. The first-order valence-electron chi connectivity index (χ1n) is 4.43. The summed E-state index contributed by atoms with van der Waals surface area (Å²) in [5.74, 6) is -0.0255. The zero-order valence-electron chi connectivity index (χ0n) is 7.79. The average Bonchev–Trinajstić information content (AvgIpc) is 2.17. The lowest BCUT2D eigenvalue weighted by Gasteiger charge is -2.04. The third-order valence-electron chi connectivity index (χ3n) is 1.77.